The third kappa shape index (κ3) is 4.39. The molecule has 5 heteroatoms. The third-order valence-electron chi connectivity index (χ3n) is 3.40. The van der Waals surface area contributed by atoms with Gasteiger partial charge in [0, 0.05) is 12.3 Å². The van der Waals surface area contributed by atoms with Crippen molar-refractivity contribution in [1.82, 2.24) is 5.32 Å². The Morgan fingerprint density at radius 2 is 2.30 bits per heavy atom. The van der Waals surface area contributed by atoms with E-state index in [0.29, 0.717) is 6.61 Å². The highest BCUT2D eigenvalue weighted by Crippen LogP contribution is 2.30. The van der Waals surface area contributed by atoms with Gasteiger partial charge in [0.25, 0.3) is 0 Å². The monoisotopic (exact) mass is 298 g/mol. The van der Waals surface area contributed by atoms with Gasteiger partial charge < -0.3 is 15.8 Å². The van der Waals surface area contributed by atoms with Crippen LogP contribution in [0, 0.1) is 0 Å². The summed E-state index contributed by atoms with van der Waals surface area (Å²) in [5.41, 5.74) is 9.05. The van der Waals surface area contributed by atoms with E-state index in [0.717, 1.165) is 31.4 Å². The minimum Gasteiger partial charge on any atom is -0.399 e. The lowest BCUT2D eigenvalue weighted by Crippen LogP contribution is -2.33. The highest BCUT2D eigenvalue weighted by atomic mass is 35.5. The number of hydrogen-bond acceptors (Lipinski definition) is 3. The van der Waals surface area contributed by atoms with E-state index < -0.39 is 0 Å². The number of carbonyl (C=O) groups is 1. The summed E-state index contributed by atoms with van der Waals surface area (Å²) in [6.07, 6.45) is 4.03. The zero-order chi connectivity index (χ0) is 13.7. The van der Waals surface area contributed by atoms with Gasteiger partial charge in [0.2, 0.25) is 5.91 Å². The van der Waals surface area contributed by atoms with Crippen molar-refractivity contribution in [2.75, 3.05) is 18.9 Å². The molecular formula is C15H23ClN2O2. The zero-order valence-electron chi connectivity index (χ0n) is 11.9. The van der Waals surface area contributed by atoms with Crippen LogP contribution in [0.15, 0.2) is 18.2 Å². The molecule has 1 aliphatic carbocycles. The molecule has 0 radical (unpaired) electrons. The summed E-state index contributed by atoms with van der Waals surface area (Å²) < 4.78 is 5.26. The summed E-state index contributed by atoms with van der Waals surface area (Å²) in [6.45, 7) is 2.81. The van der Waals surface area contributed by atoms with Crippen molar-refractivity contribution in [3.8, 4) is 0 Å². The maximum atomic E-state index is 11.8. The summed E-state index contributed by atoms with van der Waals surface area (Å²) in [5, 5.41) is 3.05. The predicted molar refractivity (Wildman–Crippen MR) is 83.0 cm³/mol. The zero-order valence-corrected chi connectivity index (χ0v) is 12.7. The number of fused-ring (bicyclic) bond motifs is 1. The second-order valence-corrected chi connectivity index (χ2v) is 5.02. The van der Waals surface area contributed by atoms with Crippen LogP contribution in [0.3, 0.4) is 0 Å². The second-order valence-electron chi connectivity index (χ2n) is 5.02. The Bertz CT molecular complexity index is 451. The highest BCUT2D eigenvalue weighted by Gasteiger charge is 2.21. The molecule has 0 aromatic heterocycles. The van der Waals surface area contributed by atoms with E-state index >= 15 is 0 Å². The van der Waals surface area contributed by atoms with Crippen LogP contribution in [0.2, 0.25) is 0 Å². The van der Waals surface area contributed by atoms with Gasteiger partial charge in [-0.05, 0) is 48.9 Å². The smallest absolute Gasteiger partial charge is 0.246 e. The molecule has 1 aromatic rings. The minimum absolute atomic E-state index is 0. The molecule has 1 aliphatic rings. The number of carbonyl (C=O) groups excluding carboxylic acids is 1. The van der Waals surface area contributed by atoms with Crippen LogP contribution in [-0.2, 0) is 16.0 Å². The molecule has 1 atom stereocenters. The van der Waals surface area contributed by atoms with Crippen molar-refractivity contribution >= 4 is 24.0 Å². The van der Waals surface area contributed by atoms with Crippen molar-refractivity contribution in [3.63, 3.8) is 0 Å². The Morgan fingerprint density at radius 3 is 3.05 bits per heavy atom. The van der Waals surface area contributed by atoms with Gasteiger partial charge in [-0.25, -0.2) is 0 Å². The van der Waals surface area contributed by atoms with Gasteiger partial charge in [-0.15, -0.1) is 12.4 Å². The van der Waals surface area contributed by atoms with Crippen molar-refractivity contribution in [3.05, 3.63) is 29.3 Å². The topological polar surface area (TPSA) is 64.3 Å². The molecule has 0 aliphatic heterocycles. The summed E-state index contributed by atoms with van der Waals surface area (Å²) in [4.78, 5) is 11.8. The lowest BCUT2D eigenvalue weighted by Gasteiger charge is -2.26. The Balaban J connectivity index is 0.00000200. The molecule has 0 fully saturated rings. The average molecular weight is 299 g/mol. The molecule has 112 valence electrons. The molecule has 0 spiro atoms. The first-order valence-corrected chi connectivity index (χ1v) is 6.96. The predicted octanol–water partition coefficient (Wildman–Crippen LogP) is 2.61. The lowest BCUT2D eigenvalue weighted by atomic mass is 9.87. The van der Waals surface area contributed by atoms with E-state index in [1.165, 1.54) is 11.1 Å². The number of benzene rings is 1. The fourth-order valence-corrected chi connectivity index (χ4v) is 2.53. The van der Waals surface area contributed by atoms with E-state index in [-0.39, 0.29) is 31.0 Å². The molecule has 1 unspecified atom stereocenters. The number of nitrogens with two attached hydrogens (primary N) is 1. The van der Waals surface area contributed by atoms with Gasteiger partial charge in [0.05, 0.1) is 6.04 Å². The van der Waals surface area contributed by atoms with Crippen molar-refractivity contribution in [2.24, 2.45) is 0 Å². The van der Waals surface area contributed by atoms with Crippen LogP contribution in [-0.4, -0.2) is 19.1 Å². The SMILES string of the molecule is CCCOCC(=O)NC1CCCc2cc(N)ccc21.Cl. The van der Waals surface area contributed by atoms with Crippen LogP contribution in [0.1, 0.15) is 43.4 Å². The van der Waals surface area contributed by atoms with Crippen LogP contribution in [0.4, 0.5) is 5.69 Å². The lowest BCUT2D eigenvalue weighted by molar-refractivity contribution is -0.126. The molecule has 0 saturated carbocycles. The molecule has 1 amide bonds. The van der Waals surface area contributed by atoms with Gasteiger partial charge in [-0.2, -0.15) is 0 Å². The Kier molecular flexibility index (Phi) is 6.82. The summed E-state index contributed by atoms with van der Waals surface area (Å²) >= 11 is 0. The number of ether oxygens (including phenoxy) is 1. The van der Waals surface area contributed by atoms with Crippen molar-refractivity contribution in [1.29, 1.82) is 0 Å². The van der Waals surface area contributed by atoms with E-state index in [4.69, 9.17) is 10.5 Å². The average Bonchev–Trinajstić information content (AvgIpc) is 2.39. The maximum absolute atomic E-state index is 11.8. The van der Waals surface area contributed by atoms with E-state index in [1.807, 2.05) is 25.1 Å². The first-order valence-electron chi connectivity index (χ1n) is 6.96. The molecule has 0 bridgehead atoms. The Hall–Kier alpha value is -1.26. The summed E-state index contributed by atoms with van der Waals surface area (Å²) in [7, 11) is 0. The standard InChI is InChI=1S/C15H22N2O2.ClH/c1-2-8-19-10-15(18)17-14-5-3-4-11-9-12(16)6-7-13(11)14;/h6-7,9,14H,2-5,8,10,16H2,1H3,(H,17,18);1H. The normalized spacial score (nSPS) is 16.9. The molecule has 0 heterocycles. The largest absolute Gasteiger partial charge is 0.399 e. The molecule has 4 nitrogen and oxygen atoms in total. The Labute approximate surface area is 126 Å². The van der Waals surface area contributed by atoms with Crippen molar-refractivity contribution in [2.45, 2.75) is 38.6 Å². The third-order valence-corrected chi connectivity index (χ3v) is 3.40. The molecule has 1 aromatic carbocycles. The number of anilines is 1. The fourth-order valence-electron chi connectivity index (χ4n) is 2.53. The van der Waals surface area contributed by atoms with E-state index in [1.54, 1.807) is 0 Å². The van der Waals surface area contributed by atoms with Crippen LogP contribution in [0.5, 0.6) is 0 Å². The second kappa shape index (κ2) is 8.12. The minimum atomic E-state index is -0.0388. The molecular weight excluding hydrogens is 276 g/mol. The number of amides is 1. The van der Waals surface area contributed by atoms with Gasteiger partial charge in [-0.1, -0.05) is 13.0 Å². The maximum Gasteiger partial charge on any atom is 0.246 e. The number of nitrogens with one attached hydrogen (secondary N) is 1. The summed E-state index contributed by atoms with van der Waals surface area (Å²) in [6, 6.07) is 6.04. The van der Waals surface area contributed by atoms with E-state index in [9.17, 15) is 4.79 Å². The number of aryl methyl sites for hydroxylation is 1. The number of halogens is 1. The van der Waals surface area contributed by atoms with E-state index in [2.05, 4.69) is 5.32 Å². The quantitative estimate of drug-likeness (QED) is 0.649. The van der Waals surface area contributed by atoms with Gasteiger partial charge in [0.1, 0.15) is 6.61 Å². The number of hydrogen-bond donors (Lipinski definition) is 2. The van der Waals surface area contributed by atoms with Crippen LogP contribution in [0.25, 0.3) is 0 Å². The van der Waals surface area contributed by atoms with Crippen LogP contribution >= 0.6 is 12.4 Å². The first-order chi connectivity index (χ1) is 9.20. The highest BCUT2D eigenvalue weighted by molar-refractivity contribution is 5.85. The van der Waals surface area contributed by atoms with Crippen LogP contribution < -0.4 is 11.1 Å². The van der Waals surface area contributed by atoms with Gasteiger partial charge in [-0.3, -0.25) is 4.79 Å². The fraction of sp³-hybridized carbons (Fsp3) is 0.533. The molecule has 2 rings (SSSR count). The van der Waals surface area contributed by atoms with Gasteiger partial charge >= 0.3 is 0 Å². The number of rotatable bonds is 5. The molecule has 3 N–H and O–H groups in total. The number of nitrogen functional groups attached to an aromatic ring is 1. The first kappa shape index (κ1) is 16.8. The molecule has 0 saturated heterocycles. The van der Waals surface area contributed by atoms with Gasteiger partial charge in [0.15, 0.2) is 0 Å². The Morgan fingerprint density at radius 1 is 1.50 bits per heavy atom. The molecule has 20 heavy (non-hydrogen) atoms. The van der Waals surface area contributed by atoms with Crippen molar-refractivity contribution < 1.29 is 9.53 Å². The summed E-state index contributed by atoms with van der Waals surface area (Å²) in [5.74, 6) is -0.0388.